The van der Waals surface area contributed by atoms with Crippen molar-refractivity contribution in [3.63, 3.8) is 0 Å². The quantitative estimate of drug-likeness (QED) is 0.379. The van der Waals surface area contributed by atoms with Gasteiger partial charge in [-0.05, 0) is 91.0 Å². The van der Waals surface area contributed by atoms with Gasteiger partial charge in [-0.3, -0.25) is 0 Å². The highest BCUT2D eigenvalue weighted by Crippen LogP contribution is 2.45. The van der Waals surface area contributed by atoms with Crippen LogP contribution in [0.1, 0.15) is 52.8 Å². The Labute approximate surface area is 170 Å². The van der Waals surface area contributed by atoms with E-state index in [2.05, 4.69) is 89.7 Å². The van der Waals surface area contributed by atoms with Gasteiger partial charge >= 0.3 is 0 Å². The maximum atomic E-state index is 2.45. The van der Waals surface area contributed by atoms with Gasteiger partial charge in [-0.25, -0.2) is 4.57 Å². The van der Waals surface area contributed by atoms with Gasteiger partial charge in [0.15, 0.2) is 6.20 Å². The van der Waals surface area contributed by atoms with Crippen LogP contribution in [0.2, 0.25) is 0 Å². The highest BCUT2D eigenvalue weighted by molar-refractivity contribution is 5.87. The van der Waals surface area contributed by atoms with E-state index < -0.39 is 0 Å². The van der Waals surface area contributed by atoms with Crippen LogP contribution in [0.5, 0.6) is 0 Å². The topological polar surface area (TPSA) is 3.88 Å². The molecule has 1 nitrogen and oxygen atoms in total. The molecule has 0 N–H and O–H groups in total. The number of benzene rings is 2. The van der Waals surface area contributed by atoms with Gasteiger partial charge in [0.05, 0.1) is 5.56 Å². The number of hydrogen-bond acceptors (Lipinski definition) is 0. The maximum Gasteiger partial charge on any atom is 0.213 e. The molecule has 4 rings (SSSR count). The number of rotatable bonds is 3. The van der Waals surface area contributed by atoms with E-state index in [4.69, 9.17) is 0 Å². The lowest BCUT2D eigenvalue weighted by molar-refractivity contribution is -0.660. The summed E-state index contributed by atoms with van der Waals surface area (Å²) in [5, 5.41) is 0. The van der Waals surface area contributed by atoms with Crippen molar-refractivity contribution in [1.82, 2.24) is 0 Å². The summed E-state index contributed by atoms with van der Waals surface area (Å²) in [6.07, 6.45) is 4.45. The molecule has 0 radical (unpaired) electrons. The van der Waals surface area contributed by atoms with E-state index in [0.717, 1.165) is 12.8 Å². The number of aromatic nitrogens is 1. The van der Waals surface area contributed by atoms with Crippen LogP contribution < -0.4 is 4.57 Å². The average Bonchev–Trinajstić information content (AvgIpc) is 2.97. The van der Waals surface area contributed by atoms with Gasteiger partial charge in [0.1, 0.15) is 7.05 Å². The zero-order valence-electron chi connectivity index (χ0n) is 18.4. The summed E-state index contributed by atoms with van der Waals surface area (Å²) in [7, 11) is 2.18. The zero-order chi connectivity index (χ0) is 20.2. The predicted octanol–water partition coefficient (Wildman–Crippen LogP) is 6.18. The lowest BCUT2D eigenvalue weighted by Crippen LogP contribution is -2.32. The summed E-state index contributed by atoms with van der Waals surface area (Å²) >= 11 is 0. The summed E-state index contributed by atoms with van der Waals surface area (Å²) in [5.41, 5.74) is 15.6. The molecule has 0 amide bonds. The molecule has 1 heteroatoms. The molecule has 1 aliphatic rings. The zero-order valence-corrected chi connectivity index (χ0v) is 18.4. The first-order valence-corrected chi connectivity index (χ1v) is 10.5. The van der Waals surface area contributed by atoms with Crippen LogP contribution in [0.4, 0.5) is 0 Å². The standard InChI is InChI=1S/C27H32N/c1-16(2)10-21-8-9-22-14-24-26(23(22)13-21)18(4)11-19(5)27(24)25-12-17(3)20(6)15-28(25)7/h8-9,11-13,15-16H,10,14H2,1-7H3/q+1. The fraction of sp³-hybridized carbons (Fsp3) is 0.370. The molecule has 1 aromatic heterocycles. The van der Waals surface area contributed by atoms with Gasteiger partial charge in [0.25, 0.3) is 0 Å². The summed E-state index contributed by atoms with van der Waals surface area (Å²) in [4.78, 5) is 0. The van der Waals surface area contributed by atoms with Crippen molar-refractivity contribution in [2.24, 2.45) is 13.0 Å². The smallest absolute Gasteiger partial charge is 0.201 e. The largest absolute Gasteiger partial charge is 0.213 e. The van der Waals surface area contributed by atoms with Gasteiger partial charge in [0, 0.05) is 11.6 Å². The summed E-state index contributed by atoms with van der Waals surface area (Å²) in [6, 6.07) is 11.9. The van der Waals surface area contributed by atoms with E-state index in [0.29, 0.717) is 5.92 Å². The fourth-order valence-electron chi connectivity index (χ4n) is 4.91. The molecule has 0 spiro atoms. The lowest BCUT2D eigenvalue weighted by Gasteiger charge is -2.15. The molecule has 2 aromatic carbocycles. The van der Waals surface area contributed by atoms with Crippen LogP contribution in [0.3, 0.4) is 0 Å². The molecule has 1 aliphatic carbocycles. The second kappa shape index (κ2) is 6.88. The predicted molar refractivity (Wildman–Crippen MR) is 119 cm³/mol. The maximum absolute atomic E-state index is 2.45. The fourth-order valence-corrected chi connectivity index (χ4v) is 4.91. The first-order chi connectivity index (χ1) is 13.3. The Morgan fingerprint density at radius 1 is 0.857 bits per heavy atom. The second-order valence-electron chi connectivity index (χ2n) is 9.14. The molecule has 144 valence electrons. The SMILES string of the molecule is Cc1cc(-c2c(C)cc(C)c3c2Cc2ccc(CC(C)C)cc2-3)[n+](C)cc1C. The minimum atomic E-state index is 0.684. The summed E-state index contributed by atoms with van der Waals surface area (Å²) in [6.45, 7) is 13.6. The normalized spacial score (nSPS) is 12.4. The number of nitrogens with zero attached hydrogens (tertiary/aromatic N) is 1. The molecular weight excluding hydrogens is 338 g/mol. The lowest BCUT2D eigenvalue weighted by atomic mass is 9.89. The minimum absolute atomic E-state index is 0.684. The van der Waals surface area contributed by atoms with E-state index in [-0.39, 0.29) is 0 Å². The van der Waals surface area contributed by atoms with E-state index >= 15 is 0 Å². The first-order valence-electron chi connectivity index (χ1n) is 10.5. The van der Waals surface area contributed by atoms with Crippen molar-refractivity contribution in [2.45, 2.75) is 54.4 Å². The Kier molecular flexibility index (Phi) is 4.65. The Balaban J connectivity index is 1.95. The molecule has 1 heterocycles. The van der Waals surface area contributed by atoms with Crippen molar-refractivity contribution >= 4 is 0 Å². The van der Waals surface area contributed by atoms with Crippen LogP contribution in [-0.2, 0) is 19.9 Å². The molecule has 3 aromatic rings. The number of pyridine rings is 1. The van der Waals surface area contributed by atoms with E-state index in [1.165, 1.54) is 61.3 Å². The molecule has 0 unspecified atom stereocenters. The van der Waals surface area contributed by atoms with Crippen molar-refractivity contribution in [3.8, 4) is 22.4 Å². The molecular formula is C27H32N+. The monoisotopic (exact) mass is 370 g/mol. The van der Waals surface area contributed by atoms with Crippen molar-refractivity contribution in [2.75, 3.05) is 0 Å². The van der Waals surface area contributed by atoms with Crippen LogP contribution in [-0.4, -0.2) is 0 Å². The molecule has 0 atom stereocenters. The third-order valence-electron chi connectivity index (χ3n) is 6.28. The van der Waals surface area contributed by atoms with Gasteiger partial charge < -0.3 is 0 Å². The number of fused-ring (bicyclic) bond motifs is 3. The Morgan fingerprint density at radius 2 is 1.57 bits per heavy atom. The molecule has 0 saturated carbocycles. The van der Waals surface area contributed by atoms with Crippen LogP contribution in [0.15, 0.2) is 36.5 Å². The van der Waals surface area contributed by atoms with Gasteiger partial charge in [-0.15, -0.1) is 0 Å². The van der Waals surface area contributed by atoms with Crippen molar-refractivity contribution < 1.29 is 4.57 Å². The molecule has 0 saturated heterocycles. The number of hydrogen-bond donors (Lipinski definition) is 0. The third-order valence-corrected chi connectivity index (χ3v) is 6.28. The summed E-state index contributed by atoms with van der Waals surface area (Å²) < 4.78 is 2.30. The average molecular weight is 371 g/mol. The highest BCUT2D eigenvalue weighted by atomic mass is 14.9. The van der Waals surface area contributed by atoms with E-state index in [1.54, 1.807) is 0 Å². The van der Waals surface area contributed by atoms with Gasteiger partial charge in [-0.1, -0.05) is 38.1 Å². The van der Waals surface area contributed by atoms with E-state index in [9.17, 15) is 0 Å². The molecule has 28 heavy (non-hydrogen) atoms. The minimum Gasteiger partial charge on any atom is -0.201 e. The third kappa shape index (κ3) is 3.07. The van der Waals surface area contributed by atoms with Crippen molar-refractivity contribution in [3.05, 3.63) is 75.5 Å². The molecule has 0 fully saturated rings. The van der Waals surface area contributed by atoms with Crippen LogP contribution in [0, 0.1) is 33.6 Å². The molecule has 0 aliphatic heterocycles. The Morgan fingerprint density at radius 3 is 2.29 bits per heavy atom. The Bertz CT molecular complexity index is 1090. The highest BCUT2D eigenvalue weighted by Gasteiger charge is 2.28. The summed E-state index contributed by atoms with van der Waals surface area (Å²) in [5.74, 6) is 0.684. The van der Waals surface area contributed by atoms with Gasteiger partial charge in [-0.2, -0.15) is 0 Å². The van der Waals surface area contributed by atoms with Crippen LogP contribution >= 0.6 is 0 Å². The van der Waals surface area contributed by atoms with Crippen molar-refractivity contribution in [1.29, 1.82) is 0 Å². The van der Waals surface area contributed by atoms with Crippen LogP contribution in [0.25, 0.3) is 22.4 Å². The molecule has 0 bridgehead atoms. The second-order valence-corrected chi connectivity index (χ2v) is 9.14. The van der Waals surface area contributed by atoms with E-state index in [1.807, 2.05) is 0 Å². The van der Waals surface area contributed by atoms with Gasteiger partial charge in [0.2, 0.25) is 5.69 Å². The first kappa shape index (κ1) is 18.9. The number of aryl methyl sites for hydroxylation is 5. The Hall–Kier alpha value is -2.41.